The highest BCUT2D eigenvalue weighted by atomic mass is 16.6. The fourth-order valence-electron chi connectivity index (χ4n) is 0.864. The molecule has 1 amide bonds. The summed E-state index contributed by atoms with van der Waals surface area (Å²) >= 11 is 0. The van der Waals surface area contributed by atoms with Crippen LogP contribution in [0.3, 0.4) is 0 Å². The topological polar surface area (TPSA) is 55.4 Å². The standard InChI is InChI=1S/C12H19NO3/c1-10(7-9-14)6-5-8-13-11(15)16-12(2,3)4/h5-7,9H,8H2,1-4H3,(H,13,15)/b6-5+,10-7+. The van der Waals surface area contributed by atoms with Gasteiger partial charge < -0.3 is 10.1 Å². The van der Waals surface area contributed by atoms with Crippen molar-refractivity contribution in [3.05, 3.63) is 23.8 Å². The quantitative estimate of drug-likeness (QED) is 0.453. The first-order valence-electron chi connectivity index (χ1n) is 5.10. The van der Waals surface area contributed by atoms with Crippen LogP contribution >= 0.6 is 0 Å². The Hall–Kier alpha value is -1.58. The lowest BCUT2D eigenvalue weighted by molar-refractivity contribution is -0.104. The predicted octanol–water partition coefficient (Wildman–Crippen LogP) is 2.21. The number of alkyl carbamates (subject to hydrolysis) is 1. The van der Waals surface area contributed by atoms with Crippen LogP contribution in [0.4, 0.5) is 4.79 Å². The third kappa shape index (κ3) is 8.99. The fraction of sp³-hybridized carbons (Fsp3) is 0.500. The van der Waals surface area contributed by atoms with Crippen LogP contribution in [-0.2, 0) is 9.53 Å². The molecule has 0 fully saturated rings. The van der Waals surface area contributed by atoms with Gasteiger partial charge in [0.15, 0.2) is 0 Å². The molecule has 0 spiro atoms. The highest BCUT2D eigenvalue weighted by Crippen LogP contribution is 2.06. The third-order valence-electron chi connectivity index (χ3n) is 1.47. The number of nitrogens with one attached hydrogen (secondary N) is 1. The number of carbonyl (C=O) groups is 2. The van der Waals surface area contributed by atoms with E-state index in [0.29, 0.717) is 6.54 Å². The predicted molar refractivity (Wildman–Crippen MR) is 63.2 cm³/mol. The Morgan fingerprint density at radius 3 is 2.50 bits per heavy atom. The summed E-state index contributed by atoms with van der Waals surface area (Å²) in [4.78, 5) is 21.3. The van der Waals surface area contributed by atoms with Gasteiger partial charge in [0.05, 0.1) is 0 Å². The molecule has 0 aliphatic rings. The van der Waals surface area contributed by atoms with Gasteiger partial charge in [-0.05, 0) is 39.3 Å². The SMILES string of the molecule is CC(/C=C/CNC(=O)OC(C)(C)C)=C\C=O. The van der Waals surface area contributed by atoms with Crippen LogP contribution in [-0.4, -0.2) is 24.5 Å². The molecule has 0 unspecified atom stereocenters. The second-order valence-electron chi connectivity index (χ2n) is 4.33. The number of ether oxygens (including phenoxy) is 1. The van der Waals surface area contributed by atoms with Gasteiger partial charge in [-0.25, -0.2) is 4.79 Å². The molecule has 0 aromatic heterocycles. The summed E-state index contributed by atoms with van der Waals surface area (Å²) in [5, 5.41) is 2.57. The molecule has 0 heterocycles. The number of amides is 1. The van der Waals surface area contributed by atoms with E-state index in [-0.39, 0.29) is 0 Å². The molecular formula is C12H19NO3. The van der Waals surface area contributed by atoms with E-state index in [9.17, 15) is 9.59 Å². The van der Waals surface area contributed by atoms with E-state index in [1.807, 2.05) is 0 Å². The molecule has 0 saturated heterocycles. The number of aldehydes is 1. The molecule has 0 rings (SSSR count). The Labute approximate surface area is 96.4 Å². The minimum Gasteiger partial charge on any atom is -0.444 e. The van der Waals surface area contributed by atoms with E-state index in [1.54, 1.807) is 39.8 Å². The van der Waals surface area contributed by atoms with E-state index in [2.05, 4.69) is 5.32 Å². The van der Waals surface area contributed by atoms with Crippen molar-refractivity contribution in [2.24, 2.45) is 0 Å². The van der Waals surface area contributed by atoms with Crippen LogP contribution < -0.4 is 5.32 Å². The molecule has 0 bridgehead atoms. The van der Waals surface area contributed by atoms with Crippen LogP contribution in [0.5, 0.6) is 0 Å². The van der Waals surface area contributed by atoms with Gasteiger partial charge in [-0.2, -0.15) is 0 Å². The zero-order chi connectivity index (χ0) is 12.6. The number of hydrogen-bond acceptors (Lipinski definition) is 3. The van der Waals surface area contributed by atoms with Crippen LogP contribution in [0, 0.1) is 0 Å². The van der Waals surface area contributed by atoms with Crippen molar-refractivity contribution >= 4 is 12.4 Å². The largest absolute Gasteiger partial charge is 0.444 e. The molecular weight excluding hydrogens is 206 g/mol. The first kappa shape index (κ1) is 14.4. The average molecular weight is 225 g/mol. The maximum absolute atomic E-state index is 11.2. The molecule has 4 heteroatoms. The smallest absolute Gasteiger partial charge is 0.407 e. The molecule has 0 aliphatic carbocycles. The van der Waals surface area contributed by atoms with Gasteiger partial charge in [-0.3, -0.25) is 4.79 Å². The van der Waals surface area contributed by atoms with Gasteiger partial charge in [-0.1, -0.05) is 12.2 Å². The third-order valence-corrected chi connectivity index (χ3v) is 1.47. The Morgan fingerprint density at radius 1 is 1.38 bits per heavy atom. The van der Waals surface area contributed by atoms with E-state index in [4.69, 9.17) is 4.74 Å². The number of hydrogen-bond donors (Lipinski definition) is 1. The minimum absolute atomic E-state index is 0.374. The molecule has 4 nitrogen and oxygen atoms in total. The second kappa shape index (κ2) is 6.82. The molecule has 16 heavy (non-hydrogen) atoms. The Morgan fingerprint density at radius 2 is 2.00 bits per heavy atom. The lowest BCUT2D eigenvalue weighted by Crippen LogP contribution is -2.32. The van der Waals surface area contributed by atoms with Crippen molar-refractivity contribution in [2.45, 2.75) is 33.3 Å². The highest BCUT2D eigenvalue weighted by Gasteiger charge is 2.14. The normalized spacial score (nSPS) is 12.6. The van der Waals surface area contributed by atoms with Gasteiger partial charge in [0.1, 0.15) is 11.9 Å². The number of allylic oxidation sites excluding steroid dienone is 3. The highest BCUT2D eigenvalue weighted by molar-refractivity contribution is 5.68. The summed E-state index contributed by atoms with van der Waals surface area (Å²) < 4.78 is 5.04. The lowest BCUT2D eigenvalue weighted by atomic mass is 10.2. The molecule has 0 atom stereocenters. The van der Waals surface area contributed by atoms with E-state index in [0.717, 1.165) is 11.9 Å². The summed E-state index contributed by atoms with van der Waals surface area (Å²) in [6.45, 7) is 7.59. The molecule has 0 aromatic rings. The molecule has 0 aliphatic heterocycles. The summed E-state index contributed by atoms with van der Waals surface area (Å²) in [6.07, 6.45) is 5.23. The van der Waals surface area contributed by atoms with Crippen molar-refractivity contribution < 1.29 is 14.3 Å². The minimum atomic E-state index is -0.485. The molecule has 1 N–H and O–H groups in total. The van der Waals surface area contributed by atoms with Crippen LogP contribution in [0.25, 0.3) is 0 Å². The summed E-state index contributed by atoms with van der Waals surface area (Å²) in [5.41, 5.74) is 0.349. The number of rotatable bonds is 4. The Balaban J connectivity index is 3.87. The van der Waals surface area contributed by atoms with Crippen LogP contribution in [0.1, 0.15) is 27.7 Å². The van der Waals surface area contributed by atoms with E-state index in [1.165, 1.54) is 6.08 Å². The van der Waals surface area contributed by atoms with Crippen molar-refractivity contribution in [2.75, 3.05) is 6.54 Å². The molecule has 90 valence electrons. The zero-order valence-electron chi connectivity index (χ0n) is 10.2. The average Bonchev–Trinajstić information content (AvgIpc) is 2.10. The van der Waals surface area contributed by atoms with Gasteiger partial charge in [0.25, 0.3) is 0 Å². The van der Waals surface area contributed by atoms with Crippen molar-refractivity contribution in [3.8, 4) is 0 Å². The molecule has 0 saturated carbocycles. The monoisotopic (exact) mass is 225 g/mol. The van der Waals surface area contributed by atoms with Crippen LogP contribution in [0.15, 0.2) is 23.8 Å². The maximum Gasteiger partial charge on any atom is 0.407 e. The van der Waals surface area contributed by atoms with Crippen molar-refractivity contribution in [1.29, 1.82) is 0 Å². The van der Waals surface area contributed by atoms with E-state index < -0.39 is 11.7 Å². The first-order valence-corrected chi connectivity index (χ1v) is 5.10. The second-order valence-corrected chi connectivity index (χ2v) is 4.33. The first-order chi connectivity index (χ1) is 7.35. The van der Waals surface area contributed by atoms with Crippen molar-refractivity contribution in [1.82, 2.24) is 5.32 Å². The van der Waals surface area contributed by atoms with Gasteiger partial charge in [-0.15, -0.1) is 0 Å². The van der Waals surface area contributed by atoms with Crippen LogP contribution in [0.2, 0.25) is 0 Å². The molecule has 0 aromatic carbocycles. The zero-order valence-corrected chi connectivity index (χ0v) is 10.2. The van der Waals surface area contributed by atoms with Crippen molar-refractivity contribution in [3.63, 3.8) is 0 Å². The maximum atomic E-state index is 11.2. The molecule has 0 radical (unpaired) electrons. The lowest BCUT2D eigenvalue weighted by Gasteiger charge is -2.19. The Bertz CT molecular complexity index is 298. The summed E-state index contributed by atoms with van der Waals surface area (Å²) in [6, 6.07) is 0. The van der Waals surface area contributed by atoms with Gasteiger partial charge >= 0.3 is 6.09 Å². The van der Waals surface area contributed by atoms with E-state index >= 15 is 0 Å². The number of carbonyl (C=O) groups excluding carboxylic acids is 2. The summed E-state index contributed by atoms with van der Waals surface area (Å²) in [5.74, 6) is 0. The Kier molecular flexibility index (Phi) is 6.15. The fourth-order valence-corrected chi connectivity index (χ4v) is 0.864. The van der Waals surface area contributed by atoms with Gasteiger partial charge in [0, 0.05) is 6.54 Å². The summed E-state index contributed by atoms with van der Waals surface area (Å²) in [7, 11) is 0. The van der Waals surface area contributed by atoms with Gasteiger partial charge in [0.2, 0.25) is 0 Å².